The summed E-state index contributed by atoms with van der Waals surface area (Å²) in [6, 6.07) is 7.01. The van der Waals surface area contributed by atoms with Gasteiger partial charge in [-0.2, -0.15) is 0 Å². The molecule has 86 valence electrons. The van der Waals surface area contributed by atoms with Gasteiger partial charge < -0.3 is 4.74 Å². The Labute approximate surface area is 95.0 Å². The molecule has 0 aliphatic heterocycles. The molecule has 0 aliphatic rings. The van der Waals surface area contributed by atoms with Gasteiger partial charge in [-0.05, 0) is 12.1 Å². The third kappa shape index (κ3) is 2.84. The van der Waals surface area contributed by atoms with Gasteiger partial charge in [-0.15, -0.1) is 0 Å². The van der Waals surface area contributed by atoms with Crippen LogP contribution in [-0.2, 0) is 4.84 Å². The quantitative estimate of drug-likeness (QED) is 0.563. The third-order valence-corrected chi connectivity index (χ3v) is 2.03. The number of amides is 1. The lowest BCUT2D eigenvalue weighted by atomic mass is 10.2. The van der Waals surface area contributed by atoms with E-state index in [1.165, 1.54) is 7.11 Å². The molecule has 0 unspecified atom stereocenters. The molecular formula is C12H15NO3. The van der Waals surface area contributed by atoms with Crippen LogP contribution in [0.3, 0.4) is 0 Å². The van der Waals surface area contributed by atoms with Crippen LogP contribution in [0.2, 0.25) is 0 Å². The number of para-hydroxylation sites is 1. The number of carbonyl (C=O) groups is 1. The van der Waals surface area contributed by atoms with Crippen LogP contribution in [-0.4, -0.2) is 31.7 Å². The van der Waals surface area contributed by atoms with Gasteiger partial charge in [0.2, 0.25) is 0 Å². The lowest BCUT2D eigenvalue weighted by Crippen LogP contribution is -2.25. The highest BCUT2D eigenvalue weighted by Crippen LogP contribution is 2.19. The molecule has 1 amide bonds. The summed E-state index contributed by atoms with van der Waals surface area (Å²) in [6.45, 7) is 3.92. The molecule has 0 aromatic heterocycles. The Morgan fingerprint density at radius 1 is 1.50 bits per heavy atom. The van der Waals surface area contributed by atoms with Gasteiger partial charge in [0.1, 0.15) is 12.4 Å². The molecule has 1 aromatic rings. The molecule has 4 nitrogen and oxygen atoms in total. The predicted octanol–water partition coefficient (Wildman–Crippen LogP) is 1.88. The normalized spacial score (nSPS) is 9.62. The minimum absolute atomic E-state index is 0.248. The van der Waals surface area contributed by atoms with Crippen molar-refractivity contribution < 1.29 is 14.4 Å². The highest BCUT2D eigenvalue weighted by molar-refractivity contribution is 5.96. The zero-order chi connectivity index (χ0) is 12.0. The molecule has 1 rings (SSSR count). The van der Waals surface area contributed by atoms with Gasteiger partial charge in [-0.25, -0.2) is 5.06 Å². The number of nitrogens with zero attached hydrogens (tertiary/aromatic N) is 1. The van der Waals surface area contributed by atoms with Crippen LogP contribution in [0.15, 0.2) is 36.9 Å². The minimum Gasteiger partial charge on any atom is -0.489 e. The summed E-state index contributed by atoms with van der Waals surface area (Å²) in [7, 11) is 2.98. The van der Waals surface area contributed by atoms with E-state index < -0.39 is 0 Å². The number of hydrogen-bond acceptors (Lipinski definition) is 3. The average Bonchev–Trinajstić information content (AvgIpc) is 2.34. The molecule has 0 atom stereocenters. The van der Waals surface area contributed by atoms with Gasteiger partial charge in [0.15, 0.2) is 0 Å². The predicted molar refractivity (Wildman–Crippen MR) is 61.2 cm³/mol. The summed E-state index contributed by atoms with van der Waals surface area (Å²) in [5.41, 5.74) is 0.466. The molecule has 4 heteroatoms. The van der Waals surface area contributed by atoms with Crippen LogP contribution >= 0.6 is 0 Å². The lowest BCUT2D eigenvalue weighted by Gasteiger charge is -2.15. The van der Waals surface area contributed by atoms with E-state index in [4.69, 9.17) is 9.57 Å². The fourth-order valence-electron chi connectivity index (χ4n) is 1.17. The molecule has 0 saturated carbocycles. The molecule has 0 spiro atoms. The summed E-state index contributed by atoms with van der Waals surface area (Å²) in [6.07, 6.45) is 1.63. The van der Waals surface area contributed by atoms with Crippen molar-refractivity contribution in [2.24, 2.45) is 0 Å². The van der Waals surface area contributed by atoms with E-state index in [1.54, 1.807) is 31.3 Å². The van der Waals surface area contributed by atoms with Gasteiger partial charge in [-0.3, -0.25) is 9.63 Å². The molecule has 0 aliphatic carbocycles. The Balaban J connectivity index is 2.93. The van der Waals surface area contributed by atoms with Gasteiger partial charge in [0.25, 0.3) is 5.91 Å². The highest BCUT2D eigenvalue weighted by atomic mass is 16.7. The first-order valence-electron chi connectivity index (χ1n) is 4.85. The maximum absolute atomic E-state index is 11.9. The zero-order valence-electron chi connectivity index (χ0n) is 9.47. The van der Waals surface area contributed by atoms with Crippen LogP contribution in [0.4, 0.5) is 0 Å². The number of carbonyl (C=O) groups excluding carboxylic acids is 1. The fourth-order valence-corrected chi connectivity index (χ4v) is 1.17. The first-order chi connectivity index (χ1) is 7.70. The molecule has 0 saturated heterocycles. The van der Waals surface area contributed by atoms with Crippen LogP contribution in [0.25, 0.3) is 0 Å². The van der Waals surface area contributed by atoms with Gasteiger partial charge >= 0.3 is 0 Å². The Morgan fingerprint density at radius 2 is 2.19 bits per heavy atom. The summed E-state index contributed by atoms with van der Waals surface area (Å²) in [5.74, 6) is 0.276. The van der Waals surface area contributed by atoms with Crippen molar-refractivity contribution in [2.75, 3.05) is 20.8 Å². The number of rotatable bonds is 5. The first-order valence-corrected chi connectivity index (χ1v) is 4.85. The molecule has 0 N–H and O–H groups in total. The van der Waals surface area contributed by atoms with Gasteiger partial charge in [0, 0.05) is 7.05 Å². The largest absolute Gasteiger partial charge is 0.489 e. The number of hydrogen-bond donors (Lipinski definition) is 0. The molecule has 0 radical (unpaired) electrons. The number of ether oxygens (including phenoxy) is 1. The van der Waals surface area contributed by atoms with Crippen molar-refractivity contribution in [2.45, 2.75) is 0 Å². The second-order valence-corrected chi connectivity index (χ2v) is 3.08. The smallest absolute Gasteiger partial charge is 0.280 e. The van der Waals surface area contributed by atoms with Crippen molar-refractivity contribution in [3.05, 3.63) is 42.5 Å². The van der Waals surface area contributed by atoms with E-state index in [2.05, 4.69) is 6.58 Å². The van der Waals surface area contributed by atoms with E-state index in [1.807, 2.05) is 6.07 Å². The van der Waals surface area contributed by atoms with Crippen molar-refractivity contribution in [3.8, 4) is 5.75 Å². The summed E-state index contributed by atoms with van der Waals surface area (Å²) in [5, 5.41) is 1.15. The Bertz CT molecular complexity index is 376. The molecular weight excluding hydrogens is 206 g/mol. The highest BCUT2D eigenvalue weighted by Gasteiger charge is 2.15. The molecule has 0 heterocycles. The zero-order valence-corrected chi connectivity index (χ0v) is 9.47. The minimum atomic E-state index is -0.248. The lowest BCUT2D eigenvalue weighted by molar-refractivity contribution is -0.0758. The van der Waals surface area contributed by atoms with Crippen LogP contribution in [0, 0.1) is 0 Å². The Hall–Kier alpha value is -1.81. The standard InChI is InChI=1S/C12H15NO3/c1-4-9-16-11-8-6-5-7-10(11)12(14)13(2)15-3/h4-8H,1,9H2,2-3H3. The fraction of sp³-hybridized carbons (Fsp3) is 0.250. The van der Waals surface area contributed by atoms with Crippen LogP contribution < -0.4 is 4.74 Å². The summed E-state index contributed by atoms with van der Waals surface area (Å²) < 4.78 is 5.38. The molecule has 0 bridgehead atoms. The van der Waals surface area contributed by atoms with Crippen molar-refractivity contribution in [1.29, 1.82) is 0 Å². The molecule has 16 heavy (non-hydrogen) atoms. The van der Waals surface area contributed by atoms with Crippen molar-refractivity contribution in [3.63, 3.8) is 0 Å². The van der Waals surface area contributed by atoms with E-state index in [0.29, 0.717) is 17.9 Å². The Morgan fingerprint density at radius 3 is 2.81 bits per heavy atom. The van der Waals surface area contributed by atoms with E-state index in [0.717, 1.165) is 5.06 Å². The third-order valence-electron chi connectivity index (χ3n) is 2.03. The van der Waals surface area contributed by atoms with Crippen LogP contribution in [0.1, 0.15) is 10.4 Å². The number of hydroxylamine groups is 2. The first kappa shape index (κ1) is 12.3. The SMILES string of the molecule is C=CCOc1ccccc1C(=O)N(C)OC. The van der Waals surface area contributed by atoms with Crippen molar-refractivity contribution >= 4 is 5.91 Å². The van der Waals surface area contributed by atoms with E-state index in [-0.39, 0.29) is 5.91 Å². The second-order valence-electron chi connectivity index (χ2n) is 3.08. The maximum Gasteiger partial charge on any atom is 0.280 e. The van der Waals surface area contributed by atoms with Crippen LogP contribution in [0.5, 0.6) is 5.75 Å². The topological polar surface area (TPSA) is 38.8 Å². The van der Waals surface area contributed by atoms with Crippen molar-refractivity contribution in [1.82, 2.24) is 5.06 Å². The monoisotopic (exact) mass is 221 g/mol. The Kier molecular flexibility index (Phi) is 4.54. The molecule has 1 aromatic carbocycles. The van der Waals surface area contributed by atoms with Gasteiger partial charge in [-0.1, -0.05) is 24.8 Å². The number of benzene rings is 1. The summed E-state index contributed by atoms with van der Waals surface area (Å²) in [4.78, 5) is 16.7. The van der Waals surface area contributed by atoms with E-state index >= 15 is 0 Å². The second kappa shape index (κ2) is 5.92. The van der Waals surface area contributed by atoms with E-state index in [9.17, 15) is 4.79 Å². The average molecular weight is 221 g/mol. The van der Waals surface area contributed by atoms with Gasteiger partial charge in [0.05, 0.1) is 12.7 Å². The maximum atomic E-state index is 11.9. The molecule has 0 fully saturated rings. The summed E-state index contributed by atoms with van der Waals surface area (Å²) >= 11 is 0.